The van der Waals surface area contributed by atoms with E-state index in [1.807, 2.05) is 6.07 Å². The van der Waals surface area contributed by atoms with Gasteiger partial charge in [-0.2, -0.15) is 5.10 Å². The molecule has 172 valence electrons. The Balaban J connectivity index is 1.22. The Morgan fingerprint density at radius 2 is 1.82 bits per heavy atom. The molecule has 3 aromatic rings. The average Bonchev–Trinajstić information content (AvgIpc) is 2.81. The fourth-order valence-corrected chi connectivity index (χ4v) is 4.00. The summed E-state index contributed by atoms with van der Waals surface area (Å²) >= 11 is 0. The summed E-state index contributed by atoms with van der Waals surface area (Å²) < 4.78 is 14.7. The fourth-order valence-electron chi connectivity index (χ4n) is 4.00. The zero-order chi connectivity index (χ0) is 23.2. The number of nitrogens with zero attached hydrogens (tertiary/aromatic N) is 5. The molecule has 0 radical (unpaired) electrons. The minimum absolute atomic E-state index is 0.0165. The molecule has 0 bridgehead atoms. The monoisotopic (exact) mass is 450 g/mol. The van der Waals surface area contributed by atoms with Crippen molar-refractivity contribution in [2.75, 3.05) is 32.7 Å². The third-order valence-corrected chi connectivity index (χ3v) is 5.82. The van der Waals surface area contributed by atoms with Crippen LogP contribution in [0.15, 0.2) is 48.8 Å². The van der Waals surface area contributed by atoms with Crippen LogP contribution in [0.3, 0.4) is 0 Å². The predicted molar refractivity (Wildman–Crippen MR) is 122 cm³/mol. The molecule has 8 nitrogen and oxygen atoms in total. The number of hydrogen-bond acceptors (Lipinski definition) is 7. The van der Waals surface area contributed by atoms with Gasteiger partial charge in [0, 0.05) is 50.0 Å². The van der Waals surface area contributed by atoms with Crippen LogP contribution in [0.5, 0.6) is 5.75 Å². The lowest BCUT2D eigenvalue weighted by atomic mass is 10.0. The standard InChI is InChI=1S/C24H27FN6O2/c25-22-12-17(3-5-21(22)18-13-20(32)15-27-14-18)16-31-10-8-30(9-11-31)7-1-2-19-4-6-23(24(26)33)29-28-19/h3-6,12-15,32H,1-2,7-11,16H2,(H2,26,33). The number of piperazine rings is 1. The molecule has 0 saturated carbocycles. The molecular formula is C24H27FN6O2. The van der Waals surface area contributed by atoms with Gasteiger partial charge in [0.1, 0.15) is 11.6 Å². The number of aryl methyl sites for hydroxylation is 1. The van der Waals surface area contributed by atoms with E-state index in [2.05, 4.69) is 25.0 Å². The zero-order valence-electron chi connectivity index (χ0n) is 18.3. The lowest BCUT2D eigenvalue weighted by Gasteiger charge is -2.34. The molecule has 1 saturated heterocycles. The molecule has 9 heteroatoms. The third kappa shape index (κ3) is 6.09. The van der Waals surface area contributed by atoms with Crippen LogP contribution in [-0.2, 0) is 13.0 Å². The number of carbonyl (C=O) groups excluding carboxylic acids is 1. The molecule has 1 amide bonds. The van der Waals surface area contributed by atoms with Gasteiger partial charge in [-0.15, -0.1) is 5.10 Å². The van der Waals surface area contributed by atoms with Crippen molar-refractivity contribution >= 4 is 5.91 Å². The molecule has 0 spiro atoms. The van der Waals surface area contributed by atoms with E-state index in [4.69, 9.17) is 5.73 Å². The van der Waals surface area contributed by atoms with Crippen molar-refractivity contribution in [2.45, 2.75) is 19.4 Å². The van der Waals surface area contributed by atoms with Gasteiger partial charge in [-0.3, -0.25) is 14.7 Å². The molecule has 0 atom stereocenters. The van der Waals surface area contributed by atoms with Crippen molar-refractivity contribution in [1.29, 1.82) is 0 Å². The average molecular weight is 451 g/mol. The molecule has 2 aromatic heterocycles. The Labute approximate surface area is 191 Å². The van der Waals surface area contributed by atoms with E-state index in [1.165, 1.54) is 12.3 Å². The Bertz CT molecular complexity index is 1100. The normalized spacial score (nSPS) is 14.9. The van der Waals surface area contributed by atoms with Crippen LogP contribution in [0.2, 0.25) is 0 Å². The molecule has 1 aliphatic rings. The predicted octanol–water partition coefficient (Wildman–Crippen LogP) is 2.23. The van der Waals surface area contributed by atoms with Gasteiger partial charge >= 0.3 is 0 Å². The highest BCUT2D eigenvalue weighted by molar-refractivity contribution is 5.90. The summed E-state index contributed by atoms with van der Waals surface area (Å²) in [7, 11) is 0. The van der Waals surface area contributed by atoms with Crippen molar-refractivity contribution < 1.29 is 14.3 Å². The minimum atomic E-state index is -0.570. The highest BCUT2D eigenvalue weighted by Gasteiger charge is 2.17. The fraction of sp³-hybridized carbons (Fsp3) is 0.333. The zero-order valence-corrected chi connectivity index (χ0v) is 18.3. The lowest BCUT2D eigenvalue weighted by molar-refractivity contribution is 0.0994. The van der Waals surface area contributed by atoms with Crippen LogP contribution >= 0.6 is 0 Å². The number of benzene rings is 1. The second-order valence-electron chi connectivity index (χ2n) is 8.24. The van der Waals surface area contributed by atoms with Crippen molar-refractivity contribution in [3.8, 4) is 16.9 Å². The van der Waals surface area contributed by atoms with E-state index in [9.17, 15) is 14.3 Å². The van der Waals surface area contributed by atoms with Crippen LogP contribution in [-0.4, -0.2) is 68.7 Å². The number of hydrogen-bond donors (Lipinski definition) is 2. The first-order valence-corrected chi connectivity index (χ1v) is 11.0. The van der Waals surface area contributed by atoms with Gasteiger partial charge in [-0.1, -0.05) is 12.1 Å². The first kappa shape index (κ1) is 22.8. The number of nitrogens with two attached hydrogens (primary N) is 1. The van der Waals surface area contributed by atoms with Crippen LogP contribution in [0.25, 0.3) is 11.1 Å². The Morgan fingerprint density at radius 1 is 1.03 bits per heavy atom. The molecular weight excluding hydrogens is 423 g/mol. The summed E-state index contributed by atoms with van der Waals surface area (Å²) in [5.41, 5.74) is 8.13. The molecule has 3 N–H and O–H groups in total. The summed E-state index contributed by atoms with van der Waals surface area (Å²) in [5.74, 6) is -0.868. The van der Waals surface area contributed by atoms with Gasteiger partial charge in [0.15, 0.2) is 5.69 Å². The first-order chi connectivity index (χ1) is 16.0. The molecule has 33 heavy (non-hydrogen) atoms. The molecule has 1 aliphatic heterocycles. The lowest BCUT2D eigenvalue weighted by Crippen LogP contribution is -2.46. The molecule has 0 aliphatic carbocycles. The number of amides is 1. The van der Waals surface area contributed by atoms with Gasteiger partial charge in [-0.25, -0.2) is 4.39 Å². The summed E-state index contributed by atoms with van der Waals surface area (Å²) in [6.07, 6.45) is 4.62. The summed E-state index contributed by atoms with van der Waals surface area (Å²) in [6, 6.07) is 10.2. The van der Waals surface area contributed by atoms with Crippen molar-refractivity contribution in [1.82, 2.24) is 25.0 Å². The quantitative estimate of drug-likeness (QED) is 0.542. The Hall–Kier alpha value is -3.43. The van der Waals surface area contributed by atoms with Crippen molar-refractivity contribution in [2.24, 2.45) is 5.73 Å². The van der Waals surface area contributed by atoms with Gasteiger partial charge in [-0.05, 0) is 49.2 Å². The molecule has 1 fully saturated rings. The number of halogens is 1. The number of aromatic nitrogens is 3. The molecule has 0 unspecified atom stereocenters. The highest BCUT2D eigenvalue weighted by Crippen LogP contribution is 2.26. The van der Waals surface area contributed by atoms with E-state index in [0.717, 1.165) is 56.8 Å². The van der Waals surface area contributed by atoms with Crippen LogP contribution in [0.4, 0.5) is 4.39 Å². The maximum atomic E-state index is 14.7. The van der Waals surface area contributed by atoms with E-state index < -0.39 is 5.91 Å². The summed E-state index contributed by atoms with van der Waals surface area (Å²) in [5, 5.41) is 17.5. The van der Waals surface area contributed by atoms with Gasteiger partial charge in [0.05, 0.1) is 11.9 Å². The van der Waals surface area contributed by atoms with Crippen molar-refractivity contribution in [3.63, 3.8) is 0 Å². The maximum absolute atomic E-state index is 14.7. The van der Waals surface area contributed by atoms with E-state index in [0.29, 0.717) is 17.7 Å². The SMILES string of the molecule is NC(=O)c1ccc(CCCN2CCN(Cc3ccc(-c4cncc(O)c4)c(F)c3)CC2)nn1. The molecule has 3 heterocycles. The largest absolute Gasteiger partial charge is 0.506 e. The number of aromatic hydroxyl groups is 1. The molecule has 4 rings (SSSR count). The number of carbonyl (C=O) groups is 1. The third-order valence-electron chi connectivity index (χ3n) is 5.82. The van der Waals surface area contributed by atoms with Gasteiger partial charge in [0.25, 0.3) is 5.91 Å². The first-order valence-electron chi connectivity index (χ1n) is 11.0. The highest BCUT2D eigenvalue weighted by atomic mass is 19.1. The minimum Gasteiger partial charge on any atom is -0.506 e. The second kappa shape index (κ2) is 10.5. The maximum Gasteiger partial charge on any atom is 0.269 e. The smallest absolute Gasteiger partial charge is 0.269 e. The van der Waals surface area contributed by atoms with E-state index in [1.54, 1.807) is 30.5 Å². The molecule has 1 aromatic carbocycles. The van der Waals surface area contributed by atoms with Crippen LogP contribution in [0, 0.1) is 5.82 Å². The van der Waals surface area contributed by atoms with Gasteiger partial charge < -0.3 is 15.7 Å². The Kier molecular flexibility index (Phi) is 7.21. The Morgan fingerprint density at radius 3 is 2.48 bits per heavy atom. The number of rotatable bonds is 8. The summed E-state index contributed by atoms with van der Waals surface area (Å²) in [6.45, 7) is 5.43. The topological polar surface area (TPSA) is 108 Å². The van der Waals surface area contributed by atoms with E-state index >= 15 is 0 Å². The van der Waals surface area contributed by atoms with Gasteiger partial charge in [0.2, 0.25) is 0 Å². The van der Waals surface area contributed by atoms with Crippen LogP contribution < -0.4 is 5.73 Å². The number of pyridine rings is 1. The number of primary amides is 1. The van der Waals surface area contributed by atoms with Crippen LogP contribution in [0.1, 0.15) is 28.2 Å². The van der Waals surface area contributed by atoms with E-state index in [-0.39, 0.29) is 17.3 Å². The second-order valence-corrected chi connectivity index (χ2v) is 8.24. The summed E-state index contributed by atoms with van der Waals surface area (Å²) in [4.78, 5) is 19.7. The van der Waals surface area contributed by atoms with Crippen molar-refractivity contribution in [3.05, 3.63) is 71.6 Å².